The van der Waals surface area contributed by atoms with Gasteiger partial charge in [0.1, 0.15) is 6.29 Å². The van der Waals surface area contributed by atoms with E-state index >= 15 is 0 Å². The number of fused-ring (bicyclic) bond motifs is 1. The summed E-state index contributed by atoms with van der Waals surface area (Å²) in [6.45, 7) is 7.12. The van der Waals surface area contributed by atoms with Gasteiger partial charge < -0.3 is 38.8 Å². The molecule has 190 valence electrons. The van der Waals surface area contributed by atoms with E-state index in [1.807, 2.05) is 30.5 Å². The predicted molar refractivity (Wildman–Crippen MR) is 129 cm³/mol. The first-order chi connectivity index (χ1) is 16.7. The Labute approximate surface area is 201 Å². The third-order valence-corrected chi connectivity index (χ3v) is 4.94. The predicted octanol–water partition coefficient (Wildman–Crippen LogP) is 2.28. The van der Waals surface area contributed by atoms with Gasteiger partial charge in [0.25, 0.3) is 0 Å². The molecule has 9 nitrogen and oxygen atoms in total. The number of hydrogen-bond acceptors (Lipinski definition) is 7. The minimum Gasteiger partial charge on any atom is -0.379 e. The van der Waals surface area contributed by atoms with Gasteiger partial charge >= 0.3 is 0 Å². The maximum atomic E-state index is 12.1. The molecular weight excluding hydrogens is 440 g/mol. The smallest absolute Gasteiger partial charge is 0.222 e. The van der Waals surface area contributed by atoms with Gasteiger partial charge in [0, 0.05) is 36.5 Å². The Hall–Kier alpha value is -2.30. The number of ether oxygens (including phenoxy) is 5. The Morgan fingerprint density at radius 3 is 2.03 bits per heavy atom. The highest BCUT2D eigenvalue weighted by atomic mass is 16.6. The molecule has 0 aliphatic rings. The van der Waals surface area contributed by atoms with Crippen LogP contribution in [0.5, 0.6) is 0 Å². The summed E-state index contributed by atoms with van der Waals surface area (Å²) in [7, 11) is 0. The molecule has 1 aromatic carbocycles. The van der Waals surface area contributed by atoms with Gasteiger partial charge in [0.05, 0.1) is 65.5 Å². The zero-order valence-electron chi connectivity index (χ0n) is 20.1. The van der Waals surface area contributed by atoms with Crippen molar-refractivity contribution in [2.24, 2.45) is 0 Å². The Balaban J connectivity index is 1.41. The fraction of sp³-hybridized carbons (Fsp3) is 0.600. The third-order valence-electron chi connectivity index (χ3n) is 4.94. The molecule has 2 rings (SSSR count). The molecule has 0 aliphatic heterocycles. The van der Waals surface area contributed by atoms with Crippen molar-refractivity contribution in [1.82, 2.24) is 10.3 Å². The van der Waals surface area contributed by atoms with Crippen LogP contribution in [-0.2, 0) is 39.7 Å². The second kappa shape index (κ2) is 18.1. The highest BCUT2D eigenvalue weighted by Crippen LogP contribution is 2.18. The maximum Gasteiger partial charge on any atom is 0.222 e. The molecular formula is C25H38N2O7. The summed E-state index contributed by atoms with van der Waals surface area (Å²) >= 11 is 0. The van der Waals surface area contributed by atoms with Gasteiger partial charge in [0.15, 0.2) is 0 Å². The molecule has 0 aliphatic carbocycles. The van der Waals surface area contributed by atoms with Crippen molar-refractivity contribution >= 4 is 23.1 Å². The minimum atomic E-state index is -0.574. The number of aldehydes is 1. The molecule has 1 amide bonds. The topological polar surface area (TPSA) is 108 Å². The zero-order valence-corrected chi connectivity index (χ0v) is 20.1. The van der Waals surface area contributed by atoms with Crippen molar-refractivity contribution in [2.45, 2.75) is 32.2 Å². The van der Waals surface area contributed by atoms with Crippen LogP contribution in [0.2, 0.25) is 0 Å². The van der Waals surface area contributed by atoms with Crippen LogP contribution < -0.4 is 5.32 Å². The lowest BCUT2D eigenvalue weighted by molar-refractivity contribution is -0.125. The Morgan fingerprint density at radius 2 is 1.44 bits per heavy atom. The van der Waals surface area contributed by atoms with Crippen LogP contribution in [-0.4, -0.2) is 89.3 Å². The third kappa shape index (κ3) is 11.7. The van der Waals surface area contributed by atoms with Gasteiger partial charge in [0.2, 0.25) is 5.91 Å². The van der Waals surface area contributed by atoms with Gasteiger partial charge in [-0.05, 0) is 18.1 Å². The van der Waals surface area contributed by atoms with Crippen LogP contribution in [0.25, 0.3) is 10.9 Å². The van der Waals surface area contributed by atoms with E-state index in [4.69, 9.17) is 23.7 Å². The fourth-order valence-corrected chi connectivity index (χ4v) is 3.24. The first kappa shape index (κ1) is 27.9. The highest BCUT2D eigenvalue weighted by Gasteiger charge is 2.14. The van der Waals surface area contributed by atoms with Gasteiger partial charge in [-0.2, -0.15) is 0 Å². The number of amides is 1. The Kier molecular flexibility index (Phi) is 14.9. The molecule has 0 spiro atoms. The Morgan fingerprint density at radius 1 is 0.882 bits per heavy atom. The summed E-state index contributed by atoms with van der Waals surface area (Å²) < 4.78 is 27.0. The van der Waals surface area contributed by atoms with E-state index in [0.29, 0.717) is 59.3 Å². The van der Waals surface area contributed by atoms with Gasteiger partial charge in [-0.15, -0.1) is 0 Å². The fourth-order valence-electron chi connectivity index (χ4n) is 3.24. The largest absolute Gasteiger partial charge is 0.379 e. The van der Waals surface area contributed by atoms with Crippen molar-refractivity contribution < 1.29 is 33.3 Å². The molecule has 34 heavy (non-hydrogen) atoms. The second-order valence-electron chi connectivity index (χ2n) is 7.69. The number of aromatic nitrogens is 1. The number of carbonyl (C=O) groups excluding carboxylic acids is 2. The highest BCUT2D eigenvalue weighted by molar-refractivity contribution is 5.84. The van der Waals surface area contributed by atoms with Crippen molar-refractivity contribution in [2.75, 3.05) is 66.1 Å². The van der Waals surface area contributed by atoms with Crippen LogP contribution >= 0.6 is 0 Å². The monoisotopic (exact) mass is 478 g/mol. The average molecular weight is 479 g/mol. The van der Waals surface area contributed by atoms with E-state index in [-0.39, 0.29) is 18.9 Å². The molecule has 0 saturated heterocycles. The lowest BCUT2D eigenvalue weighted by Gasteiger charge is -2.12. The average Bonchev–Trinajstić information content (AvgIpc) is 3.26. The van der Waals surface area contributed by atoms with Gasteiger partial charge in [-0.1, -0.05) is 25.1 Å². The molecule has 0 bridgehead atoms. The van der Waals surface area contributed by atoms with E-state index < -0.39 is 6.04 Å². The molecule has 0 fully saturated rings. The SMILES string of the molecule is CCCOCCOCCOCCOCCOCCC(=O)N[C@H](C=O)Cc1c[nH]c2ccccc12. The summed E-state index contributed by atoms with van der Waals surface area (Å²) in [4.78, 5) is 26.7. The van der Waals surface area contributed by atoms with E-state index in [0.717, 1.165) is 35.8 Å². The maximum absolute atomic E-state index is 12.1. The lowest BCUT2D eigenvalue weighted by atomic mass is 10.1. The number of H-pyrrole nitrogens is 1. The first-order valence-corrected chi connectivity index (χ1v) is 11.9. The van der Waals surface area contributed by atoms with Gasteiger partial charge in [-0.25, -0.2) is 0 Å². The van der Waals surface area contributed by atoms with Crippen LogP contribution in [0.4, 0.5) is 0 Å². The summed E-state index contributed by atoms with van der Waals surface area (Å²) in [6, 6.07) is 7.29. The normalized spacial score (nSPS) is 12.1. The van der Waals surface area contributed by atoms with Crippen molar-refractivity contribution in [1.29, 1.82) is 0 Å². The number of carbonyl (C=O) groups is 2. The number of benzene rings is 1. The van der Waals surface area contributed by atoms with Crippen LogP contribution in [0.1, 0.15) is 25.3 Å². The molecule has 2 N–H and O–H groups in total. The van der Waals surface area contributed by atoms with Crippen molar-refractivity contribution in [3.05, 3.63) is 36.0 Å². The van der Waals surface area contributed by atoms with Crippen LogP contribution in [0.3, 0.4) is 0 Å². The molecule has 1 atom stereocenters. The summed E-state index contributed by atoms with van der Waals surface area (Å²) in [5, 5.41) is 3.81. The number of nitrogens with one attached hydrogen (secondary N) is 2. The zero-order chi connectivity index (χ0) is 24.3. The molecule has 2 aromatic rings. The number of hydrogen-bond donors (Lipinski definition) is 2. The molecule has 1 heterocycles. The van der Waals surface area contributed by atoms with Crippen molar-refractivity contribution in [3.63, 3.8) is 0 Å². The van der Waals surface area contributed by atoms with Crippen molar-refractivity contribution in [3.8, 4) is 0 Å². The van der Waals surface area contributed by atoms with Crippen LogP contribution in [0, 0.1) is 0 Å². The second-order valence-corrected chi connectivity index (χ2v) is 7.69. The number of aromatic amines is 1. The number of para-hydroxylation sites is 1. The lowest BCUT2D eigenvalue weighted by Crippen LogP contribution is -2.38. The van der Waals surface area contributed by atoms with E-state index in [1.54, 1.807) is 0 Å². The van der Waals surface area contributed by atoms with E-state index in [1.165, 1.54) is 0 Å². The van der Waals surface area contributed by atoms with Gasteiger partial charge in [-0.3, -0.25) is 4.79 Å². The molecule has 0 unspecified atom stereocenters. The molecule has 0 saturated carbocycles. The Bertz CT molecular complexity index is 811. The van der Waals surface area contributed by atoms with Crippen LogP contribution in [0.15, 0.2) is 30.5 Å². The molecule has 9 heteroatoms. The summed E-state index contributed by atoms with van der Waals surface area (Å²) in [5.41, 5.74) is 2.00. The molecule has 1 aromatic heterocycles. The first-order valence-electron chi connectivity index (χ1n) is 11.9. The molecule has 0 radical (unpaired) electrons. The summed E-state index contributed by atoms with van der Waals surface area (Å²) in [5.74, 6) is -0.217. The summed E-state index contributed by atoms with van der Waals surface area (Å²) in [6.07, 6.45) is 4.28. The van der Waals surface area contributed by atoms with E-state index in [2.05, 4.69) is 17.2 Å². The standard InChI is InChI=1S/C25H38N2O7/c1-2-8-30-10-12-32-14-16-34-17-15-33-13-11-31-9-7-25(29)27-22(20-28)18-21-19-26-24-6-4-3-5-23(21)24/h3-6,19-20,22,26H,2,7-18H2,1H3,(H,27,29)/t22-/m0/s1. The number of rotatable bonds is 21. The van der Waals surface area contributed by atoms with E-state index in [9.17, 15) is 9.59 Å². The minimum absolute atomic E-state index is 0.185. The quantitative estimate of drug-likeness (QED) is 0.209.